The zero-order valence-electron chi connectivity index (χ0n) is 25.2. The van der Waals surface area contributed by atoms with Crippen molar-refractivity contribution in [1.29, 1.82) is 0 Å². The van der Waals surface area contributed by atoms with Gasteiger partial charge in [0.15, 0.2) is 12.1 Å². The predicted octanol–water partition coefficient (Wildman–Crippen LogP) is 4.71. The molecule has 2 aromatic rings. The number of amides is 1. The quantitative estimate of drug-likeness (QED) is 0.0683. The van der Waals surface area contributed by atoms with E-state index in [0.29, 0.717) is 30.6 Å². The molecule has 1 amide bonds. The first-order valence-electron chi connectivity index (χ1n) is 13.5. The number of carbonyl (C=O) groups excluding carboxylic acids is 2. The van der Waals surface area contributed by atoms with Gasteiger partial charge in [-0.15, -0.1) is 0 Å². The van der Waals surface area contributed by atoms with Crippen LogP contribution in [0.4, 0.5) is 27.6 Å². The molecule has 0 fully saturated rings. The molecule has 1 aromatic heterocycles. The molecule has 0 aliphatic heterocycles. The SMILES string of the molecule is CC.CCC(CNC(C)CNC)C(C)Oc1nc(-c2cc(N)c(F)c(C)c2C(F)(F)F)c(F)c(C(=O)N(C)N)c1C=O. The summed E-state index contributed by atoms with van der Waals surface area (Å²) in [5.74, 6) is 0.604. The van der Waals surface area contributed by atoms with Gasteiger partial charge in [-0.3, -0.25) is 14.6 Å². The van der Waals surface area contributed by atoms with Crippen LogP contribution in [0.3, 0.4) is 0 Å². The molecule has 0 aliphatic rings. The predicted molar refractivity (Wildman–Crippen MR) is 152 cm³/mol. The first-order chi connectivity index (χ1) is 19.6. The van der Waals surface area contributed by atoms with Crippen LogP contribution in [0, 0.1) is 24.5 Å². The molecule has 0 spiro atoms. The molecule has 1 heterocycles. The molecule has 0 bridgehead atoms. The summed E-state index contributed by atoms with van der Waals surface area (Å²) in [7, 11) is 2.87. The molecule has 9 nitrogen and oxygen atoms in total. The lowest BCUT2D eigenvalue weighted by molar-refractivity contribution is -0.137. The van der Waals surface area contributed by atoms with Crippen molar-refractivity contribution < 1.29 is 36.3 Å². The lowest BCUT2D eigenvalue weighted by Crippen LogP contribution is -2.41. The summed E-state index contributed by atoms with van der Waals surface area (Å²) < 4.78 is 78.5. The lowest BCUT2D eigenvalue weighted by Gasteiger charge is -2.27. The monoisotopic (exact) mass is 604 g/mol. The first kappa shape index (κ1) is 36.7. The summed E-state index contributed by atoms with van der Waals surface area (Å²) in [4.78, 5) is 28.9. The number of likely N-dealkylation sites (N-methyl/N-ethyl adjacent to an activating group) is 1. The Bertz CT molecular complexity index is 1240. The fraction of sp³-hybridized carbons (Fsp3) is 0.536. The fourth-order valence-corrected chi connectivity index (χ4v) is 4.33. The summed E-state index contributed by atoms with van der Waals surface area (Å²) >= 11 is 0. The molecule has 3 unspecified atom stereocenters. The van der Waals surface area contributed by atoms with Crippen molar-refractivity contribution in [1.82, 2.24) is 20.6 Å². The smallest absolute Gasteiger partial charge is 0.417 e. The highest BCUT2D eigenvalue weighted by Crippen LogP contribution is 2.43. The van der Waals surface area contributed by atoms with Crippen LogP contribution in [0.2, 0.25) is 0 Å². The number of aromatic nitrogens is 1. The highest BCUT2D eigenvalue weighted by Gasteiger charge is 2.40. The van der Waals surface area contributed by atoms with E-state index in [0.717, 1.165) is 14.0 Å². The molecule has 42 heavy (non-hydrogen) atoms. The Labute approximate surface area is 243 Å². The number of alkyl halides is 3. The van der Waals surface area contributed by atoms with Crippen LogP contribution < -0.4 is 26.9 Å². The molecule has 0 radical (unpaired) electrons. The Morgan fingerprint density at radius 1 is 1.19 bits per heavy atom. The second-order valence-corrected chi connectivity index (χ2v) is 9.59. The van der Waals surface area contributed by atoms with Crippen LogP contribution in [0.15, 0.2) is 6.07 Å². The van der Waals surface area contributed by atoms with E-state index in [1.165, 1.54) is 0 Å². The van der Waals surface area contributed by atoms with Gasteiger partial charge in [0.25, 0.3) is 5.91 Å². The molecule has 14 heteroatoms. The van der Waals surface area contributed by atoms with E-state index in [9.17, 15) is 27.2 Å². The van der Waals surface area contributed by atoms with Crippen molar-refractivity contribution in [2.75, 3.05) is 32.9 Å². The number of nitrogens with two attached hydrogens (primary N) is 2. The Kier molecular flexibility index (Phi) is 13.8. The van der Waals surface area contributed by atoms with Crippen molar-refractivity contribution in [3.8, 4) is 17.1 Å². The number of nitrogens with zero attached hydrogens (tertiary/aromatic N) is 2. The second kappa shape index (κ2) is 15.8. The van der Waals surface area contributed by atoms with Gasteiger partial charge in [-0.2, -0.15) is 13.2 Å². The van der Waals surface area contributed by atoms with Gasteiger partial charge in [0.2, 0.25) is 5.88 Å². The van der Waals surface area contributed by atoms with E-state index >= 15 is 4.39 Å². The largest absolute Gasteiger partial charge is 0.474 e. The topological polar surface area (TPSA) is 136 Å². The third-order valence-electron chi connectivity index (χ3n) is 6.58. The van der Waals surface area contributed by atoms with E-state index in [1.807, 2.05) is 27.7 Å². The van der Waals surface area contributed by atoms with Crippen LogP contribution in [0.1, 0.15) is 72.9 Å². The molecule has 6 N–H and O–H groups in total. The number of nitrogens with one attached hydrogen (secondary N) is 2. The van der Waals surface area contributed by atoms with Gasteiger partial charge in [-0.1, -0.05) is 20.8 Å². The summed E-state index contributed by atoms with van der Waals surface area (Å²) in [6.45, 7) is 11.5. The minimum absolute atomic E-state index is 0.101. The molecule has 2 rings (SSSR count). The minimum atomic E-state index is -5.16. The molecular weight excluding hydrogens is 563 g/mol. The van der Waals surface area contributed by atoms with Crippen LogP contribution >= 0.6 is 0 Å². The van der Waals surface area contributed by atoms with Gasteiger partial charge >= 0.3 is 6.18 Å². The van der Waals surface area contributed by atoms with Crippen LogP contribution in [-0.4, -0.2) is 61.5 Å². The second-order valence-electron chi connectivity index (χ2n) is 9.59. The molecule has 0 saturated heterocycles. The van der Waals surface area contributed by atoms with Crippen molar-refractivity contribution in [3.63, 3.8) is 0 Å². The number of carbonyl (C=O) groups is 2. The van der Waals surface area contributed by atoms with Gasteiger partial charge in [-0.05, 0) is 45.9 Å². The van der Waals surface area contributed by atoms with Gasteiger partial charge < -0.3 is 21.1 Å². The maximum Gasteiger partial charge on any atom is 0.417 e. The zero-order chi connectivity index (χ0) is 32.5. The van der Waals surface area contributed by atoms with Crippen molar-refractivity contribution >= 4 is 17.9 Å². The van der Waals surface area contributed by atoms with Gasteiger partial charge in [0.1, 0.15) is 17.6 Å². The Morgan fingerprint density at radius 3 is 2.26 bits per heavy atom. The Morgan fingerprint density at radius 2 is 1.79 bits per heavy atom. The van der Waals surface area contributed by atoms with Gasteiger partial charge in [0, 0.05) is 37.7 Å². The highest BCUT2D eigenvalue weighted by atomic mass is 19.4. The van der Waals surface area contributed by atoms with Crippen LogP contribution in [0.25, 0.3) is 11.3 Å². The third kappa shape index (κ3) is 8.35. The number of hydrogen-bond donors (Lipinski definition) is 4. The van der Waals surface area contributed by atoms with E-state index in [-0.39, 0.29) is 18.2 Å². The maximum absolute atomic E-state index is 15.9. The first-order valence-corrected chi connectivity index (χ1v) is 13.5. The lowest BCUT2D eigenvalue weighted by atomic mass is 9.94. The van der Waals surface area contributed by atoms with Crippen molar-refractivity contribution in [2.24, 2.45) is 11.8 Å². The summed E-state index contributed by atoms with van der Waals surface area (Å²) in [5.41, 5.74) is -1.07. The average Bonchev–Trinajstić information content (AvgIpc) is 2.92. The van der Waals surface area contributed by atoms with Crippen LogP contribution in [-0.2, 0) is 6.18 Å². The Hall–Kier alpha value is -3.36. The molecule has 3 atom stereocenters. The van der Waals surface area contributed by atoms with Crippen molar-refractivity contribution in [2.45, 2.75) is 66.3 Å². The number of rotatable bonds is 12. The fourth-order valence-electron chi connectivity index (χ4n) is 4.33. The number of halogens is 5. The summed E-state index contributed by atoms with van der Waals surface area (Å²) in [5, 5.41) is 6.81. The van der Waals surface area contributed by atoms with Crippen LogP contribution in [0.5, 0.6) is 5.88 Å². The number of anilines is 1. The number of hydrazine groups is 1. The maximum atomic E-state index is 15.9. The third-order valence-corrected chi connectivity index (χ3v) is 6.58. The molecule has 1 aromatic carbocycles. The number of nitrogen functional groups attached to an aromatic ring is 1. The summed E-state index contributed by atoms with van der Waals surface area (Å²) in [6.07, 6.45) is -5.14. The number of benzene rings is 1. The van der Waals surface area contributed by atoms with E-state index in [1.54, 1.807) is 14.0 Å². The molecular formula is C28H41F5N6O3. The average molecular weight is 605 g/mol. The van der Waals surface area contributed by atoms with E-state index in [4.69, 9.17) is 16.3 Å². The normalized spacial score (nSPS) is 13.5. The van der Waals surface area contributed by atoms with Gasteiger partial charge in [-0.25, -0.2) is 19.6 Å². The molecule has 236 valence electrons. The zero-order valence-corrected chi connectivity index (χ0v) is 25.2. The number of hydrogen-bond acceptors (Lipinski definition) is 8. The Balaban J connectivity index is 0.00000431. The highest BCUT2D eigenvalue weighted by molar-refractivity contribution is 6.03. The summed E-state index contributed by atoms with van der Waals surface area (Å²) in [6, 6.07) is 0.678. The number of aldehydes is 1. The van der Waals surface area contributed by atoms with E-state index < -0.39 is 74.9 Å². The molecule has 0 aliphatic carbocycles. The standard InChI is InChI=1S/C26H35F5N6O3.C2H6/c1-7-15(10-35-12(2)9-34-5)14(4)40-24-17(11-38)19(25(39)37(6)33)22(28)23(36-24)16-8-18(32)21(27)13(3)20(16)26(29,30)31;1-2/h8,11-12,14-15,34-35H,7,9-10,32-33H2,1-6H3;1-2H3. The van der Waals surface area contributed by atoms with Crippen molar-refractivity contribution in [3.05, 3.63) is 40.0 Å². The van der Waals surface area contributed by atoms with E-state index in [2.05, 4.69) is 15.6 Å². The molecule has 0 saturated carbocycles. The van der Waals surface area contributed by atoms with Gasteiger partial charge in [0.05, 0.1) is 22.4 Å². The number of pyridine rings is 1. The number of ether oxygens (including phenoxy) is 1. The minimum Gasteiger partial charge on any atom is -0.474 e.